The van der Waals surface area contributed by atoms with Crippen molar-refractivity contribution in [3.63, 3.8) is 0 Å². The minimum Gasteiger partial charge on any atom is -0.480 e. The summed E-state index contributed by atoms with van der Waals surface area (Å²) in [6.45, 7) is 6.46. The lowest BCUT2D eigenvalue weighted by Crippen LogP contribution is -2.32. The highest BCUT2D eigenvalue weighted by Gasteiger charge is 2.16. The average Bonchev–Trinajstić information content (AvgIpc) is 2.39. The number of hydrogen-bond acceptors (Lipinski definition) is 3. The fourth-order valence-corrected chi connectivity index (χ4v) is 3.00. The van der Waals surface area contributed by atoms with Crippen LogP contribution in [0.3, 0.4) is 0 Å². The highest BCUT2D eigenvalue weighted by molar-refractivity contribution is 7.99. The van der Waals surface area contributed by atoms with Gasteiger partial charge < -0.3 is 10.8 Å². The number of halogens is 1. The molecule has 3 N–H and O–H groups in total. The first kappa shape index (κ1) is 19.3. The molecule has 0 saturated carbocycles. The van der Waals surface area contributed by atoms with Crippen molar-refractivity contribution in [2.45, 2.75) is 44.4 Å². The third kappa shape index (κ3) is 5.73. The van der Waals surface area contributed by atoms with Crippen LogP contribution in [0.4, 0.5) is 0 Å². The molecule has 0 aromatic heterocycles. The largest absolute Gasteiger partial charge is 0.480 e. The Hall–Kier alpha value is -0.710. The summed E-state index contributed by atoms with van der Waals surface area (Å²) < 4.78 is 0. The number of carboxylic acid groups (broad SMARTS) is 1. The number of nitrogens with two attached hydrogens (primary N) is 1. The van der Waals surface area contributed by atoms with Gasteiger partial charge in [-0.25, -0.2) is 0 Å². The van der Waals surface area contributed by atoms with E-state index >= 15 is 0 Å². The SMILES string of the molecule is CCC(SC[C@H](N)C(=O)O)c1ccc(C(C)C)cc1.Cl. The molecule has 0 fully saturated rings. The molecule has 0 bridgehead atoms. The number of carbonyl (C=O) groups is 1. The Morgan fingerprint density at radius 2 is 1.75 bits per heavy atom. The first-order valence-corrected chi connectivity index (χ1v) is 7.70. The maximum Gasteiger partial charge on any atom is 0.321 e. The average molecular weight is 318 g/mol. The van der Waals surface area contributed by atoms with E-state index in [1.54, 1.807) is 11.8 Å². The van der Waals surface area contributed by atoms with Crippen LogP contribution in [0.15, 0.2) is 24.3 Å². The minimum atomic E-state index is -0.933. The van der Waals surface area contributed by atoms with Gasteiger partial charge in [-0.15, -0.1) is 12.4 Å². The molecule has 1 unspecified atom stereocenters. The van der Waals surface area contributed by atoms with Crippen molar-refractivity contribution >= 4 is 30.1 Å². The Balaban J connectivity index is 0.00000361. The van der Waals surface area contributed by atoms with Gasteiger partial charge in [0.15, 0.2) is 0 Å². The van der Waals surface area contributed by atoms with Crippen LogP contribution in [0.25, 0.3) is 0 Å². The number of thioether (sulfide) groups is 1. The van der Waals surface area contributed by atoms with Gasteiger partial charge in [-0.2, -0.15) is 11.8 Å². The zero-order valence-electron chi connectivity index (χ0n) is 12.2. The standard InChI is InChI=1S/C15H23NO2S.ClH/c1-4-14(19-9-13(16)15(17)18)12-7-5-11(6-8-12)10(2)3;/h5-8,10,13-14H,4,9,16H2,1-3H3,(H,17,18);1H/t13-,14?;/m0./s1. The molecule has 1 aromatic rings. The Morgan fingerprint density at radius 3 is 2.15 bits per heavy atom. The number of aliphatic carboxylic acids is 1. The van der Waals surface area contributed by atoms with E-state index in [0.29, 0.717) is 16.9 Å². The predicted molar refractivity (Wildman–Crippen MR) is 88.9 cm³/mol. The summed E-state index contributed by atoms with van der Waals surface area (Å²) in [5.41, 5.74) is 8.11. The fourth-order valence-electron chi connectivity index (χ4n) is 1.84. The second kappa shape index (κ2) is 9.27. The number of benzene rings is 1. The Morgan fingerprint density at radius 1 is 1.25 bits per heavy atom. The van der Waals surface area contributed by atoms with E-state index in [1.807, 2.05) is 0 Å². The molecule has 0 saturated heterocycles. The van der Waals surface area contributed by atoms with Gasteiger partial charge in [0.1, 0.15) is 6.04 Å². The zero-order chi connectivity index (χ0) is 14.4. The molecule has 0 aliphatic carbocycles. The molecule has 0 amide bonds. The quantitative estimate of drug-likeness (QED) is 0.802. The first-order chi connectivity index (χ1) is 8.95. The Bertz CT molecular complexity index is 409. The van der Waals surface area contributed by atoms with Gasteiger partial charge in [-0.3, -0.25) is 4.79 Å². The molecule has 0 radical (unpaired) electrons. The summed E-state index contributed by atoms with van der Waals surface area (Å²) in [6, 6.07) is 7.81. The highest BCUT2D eigenvalue weighted by Crippen LogP contribution is 2.32. The van der Waals surface area contributed by atoms with Gasteiger partial charge in [0.05, 0.1) is 0 Å². The van der Waals surface area contributed by atoms with Crippen LogP contribution in [0.5, 0.6) is 0 Å². The summed E-state index contributed by atoms with van der Waals surface area (Å²) >= 11 is 1.62. The van der Waals surface area contributed by atoms with Crippen LogP contribution in [0.2, 0.25) is 0 Å². The monoisotopic (exact) mass is 317 g/mol. The fraction of sp³-hybridized carbons (Fsp3) is 0.533. The maximum absolute atomic E-state index is 10.7. The lowest BCUT2D eigenvalue weighted by molar-refractivity contribution is -0.137. The number of carboxylic acids is 1. The molecule has 114 valence electrons. The maximum atomic E-state index is 10.7. The van der Waals surface area contributed by atoms with Gasteiger partial charge in [0, 0.05) is 11.0 Å². The zero-order valence-corrected chi connectivity index (χ0v) is 13.8. The summed E-state index contributed by atoms with van der Waals surface area (Å²) in [4.78, 5) is 10.7. The van der Waals surface area contributed by atoms with E-state index in [2.05, 4.69) is 45.0 Å². The molecule has 3 nitrogen and oxygen atoms in total. The van der Waals surface area contributed by atoms with Crippen LogP contribution in [0, 0.1) is 0 Å². The van der Waals surface area contributed by atoms with Crippen LogP contribution in [-0.2, 0) is 4.79 Å². The molecule has 0 aliphatic rings. The van der Waals surface area contributed by atoms with Crippen molar-refractivity contribution in [3.05, 3.63) is 35.4 Å². The first-order valence-electron chi connectivity index (χ1n) is 6.65. The normalized spacial score (nSPS) is 13.7. The summed E-state index contributed by atoms with van der Waals surface area (Å²) in [5.74, 6) is 0.0412. The van der Waals surface area contributed by atoms with Crippen molar-refractivity contribution in [1.29, 1.82) is 0 Å². The molecule has 1 rings (SSSR count). The topological polar surface area (TPSA) is 63.3 Å². The summed E-state index contributed by atoms with van der Waals surface area (Å²) in [7, 11) is 0. The molecule has 0 spiro atoms. The molecular formula is C15H24ClNO2S. The van der Waals surface area contributed by atoms with Crippen LogP contribution in [-0.4, -0.2) is 22.9 Å². The van der Waals surface area contributed by atoms with Crippen molar-refractivity contribution < 1.29 is 9.90 Å². The van der Waals surface area contributed by atoms with E-state index in [0.717, 1.165) is 6.42 Å². The molecule has 0 heterocycles. The van der Waals surface area contributed by atoms with E-state index in [4.69, 9.17) is 10.8 Å². The second-order valence-electron chi connectivity index (χ2n) is 5.00. The van der Waals surface area contributed by atoms with Gasteiger partial charge in [-0.1, -0.05) is 45.0 Å². The third-order valence-electron chi connectivity index (χ3n) is 3.14. The smallest absolute Gasteiger partial charge is 0.321 e. The molecule has 1 aromatic carbocycles. The van der Waals surface area contributed by atoms with E-state index in [-0.39, 0.29) is 12.4 Å². The van der Waals surface area contributed by atoms with E-state index < -0.39 is 12.0 Å². The van der Waals surface area contributed by atoms with Crippen molar-refractivity contribution in [2.75, 3.05) is 5.75 Å². The number of rotatable bonds is 7. The summed E-state index contributed by atoms with van der Waals surface area (Å²) in [6.07, 6.45) is 0.970. The molecule has 0 aliphatic heterocycles. The van der Waals surface area contributed by atoms with Crippen molar-refractivity contribution in [3.8, 4) is 0 Å². The van der Waals surface area contributed by atoms with Crippen molar-refractivity contribution in [2.24, 2.45) is 5.73 Å². The lowest BCUT2D eigenvalue weighted by Gasteiger charge is -2.17. The molecule has 20 heavy (non-hydrogen) atoms. The second-order valence-corrected chi connectivity index (χ2v) is 6.23. The molecular weight excluding hydrogens is 294 g/mol. The van der Waals surface area contributed by atoms with Crippen molar-refractivity contribution in [1.82, 2.24) is 0 Å². The predicted octanol–water partition coefficient (Wildman–Crippen LogP) is 3.83. The van der Waals surface area contributed by atoms with Crippen LogP contribution < -0.4 is 5.73 Å². The van der Waals surface area contributed by atoms with Crippen LogP contribution in [0.1, 0.15) is 49.5 Å². The van der Waals surface area contributed by atoms with Crippen LogP contribution >= 0.6 is 24.2 Å². The summed E-state index contributed by atoms with van der Waals surface area (Å²) in [5, 5.41) is 9.11. The third-order valence-corrected chi connectivity index (χ3v) is 4.70. The molecule has 2 atom stereocenters. The van der Waals surface area contributed by atoms with E-state index in [1.165, 1.54) is 11.1 Å². The highest BCUT2D eigenvalue weighted by atomic mass is 35.5. The lowest BCUT2D eigenvalue weighted by atomic mass is 10.0. The number of hydrogen-bond donors (Lipinski definition) is 2. The van der Waals surface area contributed by atoms with Gasteiger partial charge >= 0.3 is 5.97 Å². The minimum absolute atomic E-state index is 0. The molecule has 5 heteroatoms. The Labute approximate surface area is 131 Å². The van der Waals surface area contributed by atoms with Gasteiger partial charge in [-0.05, 0) is 23.5 Å². The Kier molecular flexibility index (Phi) is 8.94. The van der Waals surface area contributed by atoms with Gasteiger partial charge in [0.25, 0.3) is 0 Å². The van der Waals surface area contributed by atoms with Gasteiger partial charge in [0.2, 0.25) is 0 Å². The van der Waals surface area contributed by atoms with E-state index in [9.17, 15) is 4.79 Å².